The van der Waals surface area contributed by atoms with Gasteiger partial charge in [-0.1, -0.05) is 18.2 Å². The normalized spacial score (nSPS) is 10.8. The SMILES string of the molecule is Cc1ccc(CN(C)C(=O)CCc2nnc(-c3ccccc3)o2)o1. The van der Waals surface area contributed by atoms with E-state index in [1.807, 2.05) is 49.4 Å². The minimum absolute atomic E-state index is 0.00325. The first-order valence-electron chi connectivity index (χ1n) is 7.79. The van der Waals surface area contributed by atoms with Gasteiger partial charge in [-0.05, 0) is 31.2 Å². The van der Waals surface area contributed by atoms with Gasteiger partial charge in [0.15, 0.2) is 0 Å². The van der Waals surface area contributed by atoms with Crippen LogP contribution in [0.15, 0.2) is 51.3 Å². The van der Waals surface area contributed by atoms with Crippen LogP contribution in [0.25, 0.3) is 11.5 Å². The number of furan rings is 1. The maximum atomic E-state index is 12.2. The molecule has 124 valence electrons. The second kappa shape index (κ2) is 7.12. The number of carbonyl (C=O) groups is 1. The summed E-state index contributed by atoms with van der Waals surface area (Å²) in [5.74, 6) is 2.54. The Bertz CT molecular complexity index is 808. The molecule has 0 aliphatic rings. The van der Waals surface area contributed by atoms with Crippen LogP contribution in [0.4, 0.5) is 0 Å². The van der Waals surface area contributed by atoms with E-state index in [1.165, 1.54) is 0 Å². The van der Waals surface area contributed by atoms with Gasteiger partial charge < -0.3 is 13.7 Å². The molecule has 0 saturated carbocycles. The zero-order valence-corrected chi connectivity index (χ0v) is 13.7. The molecule has 2 heterocycles. The van der Waals surface area contributed by atoms with Gasteiger partial charge in [-0.25, -0.2) is 0 Å². The first-order chi connectivity index (χ1) is 11.6. The Labute approximate surface area is 140 Å². The van der Waals surface area contributed by atoms with Crippen molar-refractivity contribution in [2.24, 2.45) is 0 Å². The van der Waals surface area contributed by atoms with Gasteiger partial charge >= 0.3 is 0 Å². The molecule has 0 spiro atoms. The Morgan fingerprint density at radius 3 is 2.58 bits per heavy atom. The van der Waals surface area contributed by atoms with Crippen molar-refractivity contribution >= 4 is 5.91 Å². The lowest BCUT2D eigenvalue weighted by atomic mass is 10.2. The topological polar surface area (TPSA) is 72.4 Å². The summed E-state index contributed by atoms with van der Waals surface area (Å²) in [4.78, 5) is 13.8. The van der Waals surface area contributed by atoms with E-state index in [0.29, 0.717) is 31.2 Å². The van der Waals surface area contributed by atoms with E-state index in [0.717, 1.165) is 17.1 Å². The summed E-state index contributed by atoms with van der Waals surface area (Å²) in [7, 11) is 1.75. The van der Waals surface area contributed by atoms with Crippen LogP contribution in [-0.4, -0.2) is 28.1 Å². The fourth-order valence-electron chi connectivity index (χ4n) is 2.35. The summed E-state index contributed by atoms with van der Waals surface area (Å²) in [6.45, 7) is 2.33. The number of nitrogens with zero attached hydrogens (tertiary/aromatic N) is 3. The van der Waals surface area contributed by atoms with Crippen molar-refractivity contribution in [2.45, 2.75) is 26.3 Å². The second-order valence-electron chi connectivity index (χ2n) is 5.63. The molecule has 0 bridgehead atoms. The third-order valence-electron chi connectivity index (χ3n) is 3.66. The number of aromatic nitrogens is 2. The fourth-order valence-corrected chi connectivity index (χ4v) is 2.35. The smallest absolute Gasteiger partial charge is 0.247 e. The molecule has 3 aromatic rings. The highest BCUT2D eigenvalue weighted by Gasteiger charge is 2.14. The van der Waals surface area contributed by atoms with Crippen LogP contribution in [0.5, 0.6) is 0 Å². The number of amides is 1. The molecule has 6 heteroatoms. The Kier molecular flexibility index (Phi) is 4.74. The second-order valence-corrected chi connectivity index (χ2v) is 5.63. The lowest BCUT2D eigenvalue weighted by molar-refractivity contribution is -0.130. The Balaban J connectivity index is 1.53. The molecule has 0 saturated heterocycles. The molecule has 0 atom stereocenters. The van der Waals surface area contributed by atoms with Crippen molar-refractivity contribution < 1.29 is 13.6 Å². The Morgan fingerprint density at radius 2 is 1.88 bits per heavy atom. The van der Waals surface area contributed by atoms with Gasteiger partial charge in [0.25, 0.3) is 0 Å². The fraction of sp³-hybridized carbons (Fsp3) is 0.278. The van der Waals surface area contributed by atoms with Crippen molar-refractivity contribution in [2.75, 3.05) is 7.05 Å². The van der Waals surface area contributed by atoms with E-state index < -0.39 is 0 Å². The quantitative estimate of drug-likeness (QED) is 0.696. The van der Waals surface area contributed by atoms with Crippen molar-refractivity contribution in [3.8, 4) is 11.5 Å². The third-order valence-corrected chi connectivity index (χ3v) is 3.66. The van der Waals surface area contributed by atoms with Gasteiger partial charge in [0.2, 0.25) is 17.7 Å². The van der Waals surface area contributed by atoms with Gasteiger partial charge in [-0.3, -0.25) is 4.79 Å². The van der Waals surface area contributed by atoms with Gasteiger partial charge in [0.05, 0.1) is 6.54 Å². The van der Waals surface area contributed by atoms with Crippen LogP contribution in [0.1, 0.15) is 23.8 Å². The van der Waals surface area contributed by atoms with Gasteiger partial charge in [0.1, 0.15) is 11.5 Å². The molecule has 1 aromatic carbocycles. The molecule has 3 rings (SSSR count). The van der Waals surface area contributed by atoms with Crippen molar-refractivity contribution in [3.63, 3.8) is 0 Å². The molecule has 24 heavy (non-hydrogen) atoms. The zero-order chi connectivity index (χ0) is 16.9. The van der Waals surface area contributed by atoms with Crippen molar-refractivity contribution in [1.82, 2.24) is 15.1 Å². The average molecular weight is 325 g/mol. The molecule has 0 fully saturated rings. The maximum absolute atomic E-state index is 12.2. The number of aryl methyl sites for hydroxylation is 2. The van der Waals surface area contributed by atoms with Crippen LogP contribution < -0.4 is 0 Å². The summed E-state index contributed by atoms with van der Waals surface area (Å²) >= 11 is 0. The summed E-state index contributed by atoms with van der Waals surface area (Å²) in [6, 6.07) is 13.3. The summed E-state index contributed by atoms with van der Waals surface area (Å²) in [5, 5.41) is 8.03. The highest BCUT2D eigenvalue weighted by atomic mass is 16.4. The van der Waals surface area contributed by atoms with Crippen LogP contribution >= 0.6 is 0 Å². The number of benzene rings is 1. The standard InChI is InChI=1S/C18H19N3O3/c1-13-8-9-15(23-13)12-21(2)17(22)11-10-16-19-20-18(24-16)14-6-4-3-5-7-14/h3-9H,10-12H2,1-2H3. The van der Waals surface area contributed by atoms with Crippen LogP contribution in [0, 0.1) is 6.92 Å². The summed E-state index contributed by atoms with van der Waals surface area (Å²) < 4.78 is 11.1. The zero-order valence-electron chi connectivity index (χ0n) is 13.7. The molecule has 0 N–H and O–H groups in total. The lowest BCUT2D eigenvalue weighted by Crippen LogP contribution is -2.26. The van der Waals surface area contributed by atoms with E-state index in [1.54, 1.807) is 11.9 Å². The summed E-state index contributed by atoms with van der Waals surface area (Å²) in [6.07, 6.45) is 0.729. The monoisotopic (exact) mass is 325 g/mol. The average Bonchev–Trinajstić information content (AvgIpc) is 3.22. The highest BCUT2D eigenvalue weighted by Crippen LogP contribution is 2.17. The number of rotatable bonds is 6. The minimum atomic E-state index is 0.00325. The summed E-state index contributed by atoms with van der Waals surface area (Å²) in [5.41, 5.74) is 0.868. The molecular formula is C18H19N3O3. The van der Waals surface area contributed by atoms with Gasteiger partial charge in [0, 0.05) is 25.5 Å². The third kappa shape index (κ3) is 3.90. The lowest BCUT2D eigenvalue weighted by Gasteiger charge is -2.15. The number of hydrogen-bond donors (Lipinski definition) is 0. The largest absolute Gasteiger partial charge is 0.464 e. The molecule has 6 nitrogen and oxygen atoms in total. The van der Waals surface area contributed by atoms with Crippen LogP contribution in [-0.2, 0) is 17.8 Å². The first kappa shape index (κ1) is 16.0. The van der Waals surface area contributed by atoms with Gasteiger partial charge in [-0.2, -0.15) is 0 Å². The van der Waals surface area contributed by atoms with Crippen LogP contribution in [0.3, 0.4) is 0 Å². The molecular weight excluding hydrogens is 306 g/mol. The Hall–Kier alpha value is -2.89. The van der Waals surface area contributed by atoms with E-state index in [4.69, 9.17) is 8.83 Å². The molecule has 0 radical (unpaired) electrons. The van der Waals surface area contributed by atoms with E-state index in [9.17, 15) is 4.79 Å². The van der Waals surface area contributed by atoms with Gasteiger partial charge in [-0.15, -0.1) is 10.2 Å². The van der Waals surface area contributed by atoms with E-state index in [2.05, 4.69) is 10.2 Å². The molecule has 2 aromatic heterocycles. The Morgan fingerprint density at radius 1 is 1.08 bits per heavy atom. The molecule has 0 aliphatic heterocycles. The van der Waals surface area contributed by atoms with E-state index in [-0.39, 0.29) is 5.91 Å². The van der Waals surface area contributed by atoms with Crippen LogP contribution in [0.2, 0.25) is 0 Å². The predicted octanol–water partition coefficient (Wildman–Crippen LogP) is 3.23. The molecule has 1 amide bonds. The highest BCUT2D eigenvalue weighted by molar-refractivity contribution is 5.75. The minimum Gasteiger partial charge on any atom is -0.464 e. The first-order valence-corrected chi connectivity index (χ1v) is 7.79. The number of hydrogen-bond acceptors (Lipinski definition) is 5. The van der Waals surface area contributed by atoms with E-state index >= 15 is 0 Å². The maximum Gasteiger partial charge on any atom is 0.247 e. The van der Waals surface area contributed by atoms with Crippen molar-refractivity contribution in [1.29, 1.82) is 0 Å². The predicted molar refractivity (Wildman–Crippen MR) is 88.0 cm³/mol. The number of carbonyl (C=O) groups excluding carboxylic acids is 1. The van der Waals surface area contributed by atoms with Crippen molar-refractivity contribution in [3.05, 3.63) is 59.9 Å². The molecule has 0 unspecified atom stereocenters. The molecule has 0 aliphatic carbocycles.